The van der Waals surface area contributed by atoms with Crippen molar-refractivity contribution in [1.29, 1.82) is 0 Å². The Morgan fingerprint density at radius 1 is 0.256 bits per heavy atom. The number of allylic oxidation sites excluding steroid dienone is 20. The zero-order valence-corrected chi connectivity index (χ0v) is 53.7. The molecule has 0 rings (SSSR count). The van der Waals surface area contributed by atoms with E-state index >= 15 is 0 Å². The lowest BCUT2D eigenvalue weighted by Crippen LogP contribution is -2.30. The van der Waals surface area contributed by atoms with Crippen molar-refractivity contribution < 1.29 is 28.6 Å². The van der Waals surface area contributed by atoms with Gasteiger partial charge in [0.25, 0.3) is 0 Å². The predicted octanol–water partition coefficient (Wildman–Crippen LogP) is 23.9. The van der Waals surface area contributed by atoms with Gasteiger partial charge in [0.1, 0.15) is 13.2 Å². The van der Waals surface area contributed by atoms with E-state index < -0.39 is 6.10 Å². The first kappa shape index (κ1) is 77.8. The topological polar surface area (TPSA) is 78.9 Å². The van der Waals surface area contributed by atoms with Crippen molar-refractivity contribution in [1.82, 2.24) is 0 Å². The van der Waals surface area contributed by atoms with Crippen LogP contribution in [0.25, 0.3) is 0 Å². The molecule has 0 aromatic carbocycles. The second kappa shape index (κ2) is 69.3. The summed E-state index contributed by atoms with van der Waals surface area (Å²) in [6.07, 6.45) is 96.7. The minimum Gasteiger partial charge on any atom is -0.462 e. The number of hydrogen-bond donors (Lipinski definition) is 0. The van der Waals surface area contributed by atoms with Crippen molar-refractivity contribution in [3.63, 3.8) is 0 Å². The molecule has 0 radical (unpaired) electrons. The van der Waals surface area contributed by atoms with Gasteiger partial charge in [0.2, 0.25) is 0 Å². The maximum atomic E-state index is 12.9. The first-order valence-corrected chi connectivity index (χ1v) is 34.5. The Labute approximate surface area is 507 Å². The first-order chi connectivity index (χ1) is 40.5. The van der Waals surface area contributed by atoms with Gasteiger partial charge in [0, 0.05) is 19.3 Å². The number of hydrogen-bond acceptors (Lipinski definition) is 6. The number of unbranched alkanes of at least 4 members (excludes halogenated alkanes) is 31. The second-order valence-corrected chi connectivity index (χ2v) is 22.7. The van der Waals surface area contributed by atoms with Crippen molar-refractivity contribution in [3.8, 4) is 0 Å². The number of ether oxygens (including phenoxy) is 3. The molecule has 0 aromatic heterocycles. The summed E-state index contributed by atoms with van der Waals surface area (Å²) in [5, 5.41) is 0. The first-order valence-electron chi connectivity index (χ1n) is 34.5. The molecule has 6 nitrogen and oxygen atoms in total. The van der Waals surface area contributed by atoms with Crippen LogP contribution in [0.15, 0.2) is 122 Å². The van der Waals surface area contributed by atoms with Gasteiger partial charge in [0.15, 0.2) is 6.10 Å². The Balaban J connectivity index is 4.23. The molecule has 0 aliphatic carbocycles. The van der Waals surface area contributed by atoms with E-state index in [0.29, 0.717) is 19.3 Å². The lowest BCUT2D eigenvalue weighted by molar-refractivity contribution is -0.167. The van der Waals surface area contributed by atoms with E-state index in [2.05, 4.69) is 142 Å². The Kier molecular flexibility index (Phi) is 65.8. The molecule has 1 atom stereocenters. The number of rotatable bonds is 62. The molecule has 0 amide bonds. The maximum absolute atomic E-state index is 12.9. The largest absolute Gasteiger partial charge is 0.462 e. The SMILES string of the molecule is CC/C=C\C/C=C\C/C=C\C/C=C\C/C=C\C/C=C\C/C=C\C/C=C\C/C=C\CCCCCC(=O)OCC(COC(=O)CCCCCCCCCC)OC(=O)CCCCCCCCCCCCCCC/C=C\CCCCCCCCCC. The summed E-state index contributed by atoms with van der Waals surface area (Å²) in [5.41, 5.74) is 0. The molecule has 0 saturated carbocycles. The highest BCUT2D eigenvalue weighted by molar-refractivity contribution is 5.71. The number of carbonyl (C=O) groups is 3. The van der Waals surface area contributed by atoms with Gasteiger partial charge >= 0.3 is 17.9 Å². The Bertz CT molecular complexity index is 1690. The van der Waals surface area contributed by atoms with E-state index in [1.807, 2.05) is 0 Å². The van der Waals surface area contributed by atoms with Gasteiger partial charge in [0.05, 0.1) is 0 Å². The summed E-state index contributed by atoms with van der Waals surface area (Å²) >= 11 is 0. The fourth-order valence-corrected chi connectivity index (χ4v) is 9.55. The minimum atomic E-state index is -0.793. The molecular formula is C76H128O6. The third-order valence-corrected chi connectivity index (χ3v) is 14.7. The van der Waals surface area contributed by atoms with Crippen LogP contribution >= 0.6 is 0 Å². The van der Waals surface area contributed by atoms with Crippen LogP contribution in [0.5, 0.6) is 0 Å². The highest BCUT2D eigenvalue weighted by Crippen LogP contribution is 2.16. The van der Waals surface area contributed by atoms with E-state index in [0.717, 1.165) is 122 Å². The van der Waals surface area contributed by atoms with Crippen LogP contribution in [0.4, 0.5) is 0 Å². The van der Waals surface area contributed by atoms with Gasteiger partial charge in [-0.1, -0.05) is 309 Å². The van der Waals surface area contributed by atoms with Gasteiger partial charge in [-0.15, -0.1) is 0 Å². The molecule has 0 aliphatic rings. The molecule has 0 bridgehead atoms. The minimum absolute atomic E-state index is 0.0881. The van der Waals surface area contributed by atoms with Crippen molar-refractivity contribution in [2.24, 2.45) is 0 Å². The van der Waals surface area contributed by atoms with Crippen molar-refractivity contribution in [2.45, 2.75) is 329 Å². The van der Waals surface area contributed by atoms with E-state index in [4.69, 9.17) is 14.2 Å². The van der Waals surface area contributed by atoms with Gasteiger partial charge in [-0.2, -0.15) is 0 Å². The van der Waals surface area contributed by atoms with Gasteiger partial charge in [-0.3, -0.25) is 14.4 Å². The average Bonchev–Trinajstić information content (AvgIpc) is 3.47. The van der Waals surface area contributed by atoms with Crippen LogP contribution in [-0.2, 0) is 28.6 Å². The van der Waals surface area contributed by atoms with Gasteiger partial charge in [-0.25, -0.2) is 0 Å². The summed E-state index contributed by atoms with van der Waals surface area (Å²) in [5.74, 6) is -0.919. The molecule has 0 spiro atoms. The monoisotopic (exact) mass is 1140 g/mol. The van der Waals surface area contributed by atoms with E-state index in [9.17, 15) is 14.4 Å². The Morgan fingerprint density at radius 3 is 0.768 bits per heavy atom. The van der Waals surface area contributed by atoms with Crippen LogP contribution in [0.1, 0.15) is 323 Å². The lowest BCUT2D eigenvalue weighted by atomic mass is 10.0. The normalized spacial score (nSPS) is 12.9. The van der Waals surface area contributed by atoms with E-state index in [1.165, 1.54) is 161 Å². The summed E-state index contributed by atoms with van der Waals surface area (Å²) in [6, 6.07) is 0. The van der Waals surface area contributed by atoms with Crippen LogP contribution in [0.3, 0.4) is 0 Å². The number of esters is 3. The van der Waals surface area contributed by atoms with E-state index in [-0.39, 0.29) is 31.1 Å². The summed E-state index contributed by atoms with van der Waals surface area (Å²) in [7, 11) is 0. The van der Waals surface area contributed by atoms with Crippen LogP contribution in [0.2, 0.25) is 0 Å². The summed E-state index contributed by atoms with van der Waals surface area (Å²) < 4.78 is 16.9. The molecule has 0 aromatic rings. The summed E-state index contributed by atoms with van der Waals surface area (Å²) in [4.78, 5) is 38.2. The van der Waals surface area contributed by atoms with Crippen molar-refractivity contribution in [3.05, 3.63) is 122 Å². The highest BCUT2D eigenvalue weighted by Gasteiger charge is 2.19. The van der Waals surface area contributed by atoms with Crippen LogP contribution in [0, 0.1) is 0 Å². The Morgan fingerprint density at radius 2 is 0.476 bits per heavy atom. The molecule has 0 aliphatic heterocycles. The third-order valence-electron chi connectivity index (χ3n) is 14.7. The highest BCUT2D eigenvalue weighted by atomic mass is 16.6. The molecule has 0 saturated heterocycles. The predicted molar refractivity (Wildman–Crippen MR) is 357 cm³/mol. The van der Waals surface area contributed by atoms with Gasteiger partial charge < -0.3 is 14.2 Å². The second-order valence-electron chi connectivity index (χ2n) is 22.7. The molecule has 0 heterocycles. The Hall–Kier alpha value is -4.19. The fourth-order valence-electron chi connectivity index (χ4n) is 9.55. The van der Waals surface area contributed by atoms with Crippen LogP contribution in [-0.4, -0.2) is 37.2 Å². The molecule has 0 fully saturated rings. The quantitative estimate of drug-likeness (QED) is 0.0261. The zero-order chi connectivity index (χ0) is 59.2. The lowest BCUT2D eigenvalue weighted by Gasteiger charge is -2.18. The third kappa shape index (κ3) is 66.6. The number of carbonyl (C=O) groups excluding carboxylic acids is 3. The molecule has 82 heavy (non-hydrogen) atoms. The average molecular weight is 1140 g/mol. The summed E-state index contributed by atoms with van der Waals surface area (Å²) in [6.45, 7) is 6.49. The van der Waals surface area contributed by atoms with Crippen molar-refractivity contribution >= 4 is 17.9 Å². The molecule has 0 N–H and O–H groups in total. The smallest absolute Gasteiger partial charge is 0.306 e. The molecule has 468 valence electrons. The maximum Gasteiger partial charge on any atom is 0.306 e. The zero-order valence-electron chi connectivity index (χ0n) is 53.7. The van der Waals surface area contributed by atoms with Gasteiger partial charge in [-0.05, 0) is 116 Å². The standard InChI is InChI=1S/C76H128O6/c1-4-7-10-13-16-19-21-23-25-27-29-31-33-35-36-37-38-39-40-42-43-45-47-49-51-53-55-57-60-63-66-69-75(78)81-72-73(71-80-74(77)68-65-62-59-18-15-12-9-6-3)82-76(79)70-67-64-61-58-56-54-52-50-48-46-44-41-34-32-30-28-26-24-22-20-17-14-11-8-5-2/h7,10,16,19,23,25,28-31,35-36,38-39,42-43,47,49,53,55,73H,4-6,8-9,11-15,17-18,20-22,24,26-27,32-34,37,40-41,44-46,48,50-52,54,56-72H2,1-3H3/b10-7-,19-16-,25-23-,30-28-,31-29-,36-35-,39-38-,43-42-,49-47-,55-53-. The van der Waals surface area contributed by atoms with E-state index in [1.54, 1.807) is 0 Å². The molecule has 6 heteroatoms. The molecular weight excluding hydrogens is 1010 g/mol. The molecule has 1 unspecified atom stereocenters. The van der Waals surface area contributed by atoms with Crippen LogP contribution < -0.4 is 0 Å². The fraction of sp³-hybridized carbons (Fsp3) is 0.697. The van der Waals surface area contributed by atoms with Crippen molar-refractivity contribution in [2.75, 3.05) is 13.2 Å².